The van der Waals surface area contributed by atoms with Gasteiger partial charge in [-0.2, -0.15) is 0 Å². The summed E-state index contributed by atoms with van der Waals surface area (Å²) in [7, 11) is 0. The van der Waals surface area contributed by atoms with E-state index in [2.05, 4.69) is 30.0 Å². The first-order valence-electron chi connectivity index (χ1n) is 7.34. The highest BCUT2D eigenvalue weighted by Crippen LogP contribution is 2.21. The van der Waals surface area contributed by atoms with Crippen LogP contribution in [0.3, 0.4) is 0 Å². The van der Waals surface area contributed by atoms with E-state index in [4.69, 9.17) is 10.5 Å². The molecule has 4 heteroatoms. The molecular formula is C19H21N3O. The second-order valence-corrected chi connectivity index (χ2v) is 4.91. The molecule has 0 saturated carbocycles. The zero-order chi connectivity index (χ0) is 16.7. The molecule has 1 aromatic carbocycles. The number of hydrogen-bond acceptors (Lipinski definition) is 4. The number of nitrogens with zero attached hydrogens (tertiary/aromatic N) is 1. The zero-order valence-corrected chi connectivity index (χ0v) is 13.1. The molecule has 0 atom stereocenters. The van der Waals surface area contributed by atoms with E-state index in [1.807, 2.05) is 30.3 Å². The molecule has 0 aromatic heterocycles. The summed E-state index contributed by atoms with van der Waals surface area (Å²) in [4.78, 5) is 4.23. The van der Waals surface area contributed by atoms with E-state index in [1.54, 1.807) is 18.2 Å². The van der Waals surface area contributed by atoms with Crippen molar-refractivity contribution in [1.29, 1.82) is 0 Å². The van der Waals surface area contributed by atoms with Crippen molar-refractivity contribution in [3.8, 4) is 5.75 Å². The maximum atomic E-state index is 5.89. The average Bonchev–Trinajstić information content (AvgIpc) is 2.56. The second kappa shape index (κ2) is 7.84. The van der Waals surface area contributed by atoms with Crippen LogP contribution in [0.15, 0.2) is 90.3 Å². The predicted octanol–water partition coefficient (Wildman–Crippen LogP) is 3.93. The van der Waals surface area contributed by atoms with Gasteiger partial charge in [0, 0.05) is 23.5 Å². The van der Waals surface area contributed by atoms with Crippen LogP contribution < -0.4 is 15.8 Å². The average molecular weight is 307 g/mol. The minimum absolute atomic E-state index is 0.527. The summed E-state index contributed by atoms with van der Waals surface area (Å²) in [6, 6.07) is 7.54. The Morgan fingerprint density at radius 1 is 1.26 bits per heavy atom. The van der Waals surface area contributed by atoms with Crippen LogP contribution in [0, 0.1) is 0 Å². The third-order valence-corrected chi connectivity index (χ3v) is 3.23. The first-order chi connectivity index (χ1) is 11.1. The predicted molar refractivity (Wildman–Crippen MR) is 97.5 cm³/mol. The fourth-order valence-electron chi connectivity index (χ4n) is 2.11. The summed E-state index contributed by atoms with van der Waals surface area (Å²) in [6.07, 6.45) is 7.96. The van der Waals surface area contributed by atoms with Gasteiger partial charge in [-0.15, -0.1) is 0 Å². The molecule has 0 spiro atoms. The number of allylic oxidation sites excluding steroid dienone is 3. The van der Waals surface area contributed by atoms with Crippen LogP contribution in [0.2, 0.25) is 0 Å². The summed E-state index contributed by atoms with van der Waals surface area (Å²) in [5.74, 6) is 1.88. The number of anilines is 1. The van der Waals surface area contributed by atoms with Gasteiger partial charge in [-0.3, -0.25) is 4.99 Å². The Balaban J connectivity index is 2.03. The third-order valence-electron chi connectivity index (χ3n) is 3.23. The topological polar surface area (TPSA) is 59.6 Å². The summed E-state index contributed by atoms with van der Waals surface area (Å²) in [6.45, 7) is 12.1. The van der Waals surface area contributed by atoms with E-state index in [0.717, 1.165) is 29.9 Å². The molecule has 4 nitrogen and oxygen atoms in total. The van der Waals surface area contributed by atoms with Gasteiger partial charge in [0.15, 0.2) is 0 Å². The van der Waals surface area contributed by atoms with Gasteiger partial charge < -0.3 is 15.8 Å². The van der Waals surface area contributed by atoms with E-state index in [-0.39, 0.29) is 0 Å². The molecule has 0 aliphatic carbocycles. The molecule has 1 heterocycles. The van der Waals surface area contributed by atoms with Crippen LogP contribution in [0.4, 0.5) is 5.69 Å². The minimum Gasteiger partial charge on any atom is -0.457 e. The van der Waals surface area contributed by atoms with Gasteiger partial charge in [0.1, 0.15) is 17.3 Å². The smallest absolute Gasteiger partial charge is 0.127 e. The summed E-state index contributed by atoms with van der Waals surface area (Å²) < 4.78 is 5.67. The van der Waals surface area contributed by atoms with Crippen molar-refractivity contribution < 1.29 is 4.74 Å². The Morgan fingerprint density at radius 2 is 2.00 bits per heavy atom. The first-order valence-corrected chi connectivity index (χ1v) is 7.34. The van der Waals surface area contributed by atoms with Gasteiger partial charge in [0.25, 0.3) is 0 Å². The van der Waals surface area contributed by atoms with E-state index < -0.39 is 0 Å². The Kier molecular flexibility index (Phi) is 5.58. The largest absolute Gasteiger partial charge is 0.457 e. The van der Waals surface area contributed by atoms with Gasteiger partial charge in [-0.05, 0) is 42.8 Å². The Morgan fingerprint density at radius 3 is 2.61 bits per heavy atom. The van der Waals surface area contributed by atoms with Crippen LogP contribution in [0.1, 0.15) is 6.42 Å². The van der Waals surface area contributed by atoms with Crippen LogP contribution in [-0.4, -0.2) is 12.4 Å². The number of ether oxygens (including phenoxy) is 1. The standard InChI is InChI=1S/C19H21N3O/c1-4-7-16(5-2)23-17-11-9-15(10-12-17)22-14(3)18-8-6-13-21-19(18)20/h4-5,7-12,22H,1-3,6,13H2,(H2,20,21)/b16-7+. The highest BCUT2D eigenvalue weighted by Gasteiger charge is 2.10. The fraction of sp³-hybridized carbons (Fsp3) is 0.105. The monoisotopic (exact) mass is 307 g/mol. The molecule has 2 rings (SSSR count). The lowest BCUT2D eigenvalue weighted by molar-refractivity contribution is 0.445. The molecule has 0 fully saturated rings. The van der Waals surface area contributed by atoms with E-state index in [9.17, 15) is 0 Å². The molecule has 118 valence electrons. The summed E-state index contributed by atoms with van der Waals surface area (Å²) >= 11 is 0. The zero-order valence-electron chi connectivity index (χ0n) is 13.1. The van der Waals surface area contributed by atoms with Crippen molar-refractivity contribution in [1.82, 2.24) is 0 Å². The number of amidine groups is 1. The van der Waals surface area contributed by atoms with Crippen molar-refractivity contribution in [2.24, 2.45) is 10.7 Å². The van der Waals surface area contributed by atoms with Crippen molar-refractivity contribution in [3.05, 3.63) is 85.3 Å². The Labute approximate surface area is 137 Å². The maximum Gasteiger partial charge on any atom is 0.127 e. The number of dihydropyridines is 1. The molecule has 3 N–H and O–H groups in total. The quantitative estimate of drug-likeness (QED) is 0.592. The molecular weight excluding hydrogens is 286 g/mol. The number of benzene rings is 1. The lowest BCUT2D eigenvalue weighted by Gasteiger charge is -2.16. The lowest BCUT2D eigenvalue weighted by Crippen LogP contribution is -2.21. The number of hydrogen-bond donors (Lipinski definition) is 2. The maximum absolute atomic E-state index is 5.89. The Hall–Kier alpha value is -3.01. The van der Waals surface area contributed by atoms with Gasteiger partial charge in [-0.1, -0.05) is 31.9 Å². The van der Waals surface area contributed by atoms with Crippen molar-refractivity contribution in [2.45, 2.75) is 6.42 Å². The van der Waals surface area contributed by atoms with E-state index in [1.165, 1.54) is 0 Å². The van der Waals surface area contributed by atoms with Crippen molar-refractivity contribution >= 4 is 11.5 Å². The highest BCUT2D eigenvalue weighted by molar-refractivity contribution is 6.02. The minimum atomic E-state index is 0.527. The van der Waals surface area contributed by atoms with E-state index >= 15 is 0 Å². The van der Waals surface area contributed by atoms with Crippen LogP contribution in [0.5, 0.6) is 5.75 Å². The van der Waals surface area contributed by atoms with Gasteiger partial charge in [0.05, 0.1) is 0 Å². The number of nitrogens with one attached hydrogen (secondary N) is 1. The highest BCUT2D eigenvalue weighted by atomic mass is 16.5. The van der Waals surface area contributed by atoms with Crippen LogP contribution in [0.25, 0.3) is 0 Å². The molecule has 1 aliphatic heterocycles. The second-order valence-electron chi connectivity index (χ2n) is 4.91. The number of nitrogens with two attached hydrogens (primary N) is 1. The fourth-order valence-corrected chi connectivity index (χ4v) is 2.11. The van der Waals surface area contributed by atoms with Crippen LogP contribution >= 0.6 is 0 Å². The molecule has 1 aliphatic rings. The normalized spacial score (nSPS) is 14.3. The SMILES string of the molecule is C=C/C=C(\C=C)Oc1ccc(NC(=C)C2=CCCN=C2N)cc1. The summed E-state index contributed by atoms with van der Waals surface area (Å²) in [5.41, 5.74) is 8.39. The van der Waals surface area contributed by atoms with Gasteiger partial charge >= 0.3 is 0 Å². The molecule has 0 bridgehead atoms. The molecule has 1 aromatic rings. The molecule has 0 amide bonds. The number of rotatable bonds is 7. The molecule has 0 saturated heterocycles. The van der Waals surface area contributed by atoms with Gasteiger partial charge in [0.2, 0.25) is 0 Å². The van der Waals surface area contributed by atoms with Crippen molar-refractivity contribution in [3.63, 3.8) is 0 Å². The van der Waals surface area contributed by atoms with E-state index in [0.29, 0.717) is 17.3 Å². The lowest BCUT2D eigenvalue weighted by atomic mass is 10.1. The number of aliphatic imine (C=N–C) groups is 1. The third kappa shape index (κ3) is 4.48. The molecule has 0 radical (unpaired) electrons. The molecule has 0 unspecified atom stereocenters. The van der Waals surface area contributed by atoms with Gasteiger partial charge in [-0.25, -0.2) is 0 Å². The van der Waals surface area contributed by atoms with Crippen LogP contribution in [-0.2, 0) is 0 Å². The van der Waals surface area contributed by atoms with Crippen molar-refractivity contribution in [2.75, 3.05) is 11.9 Å². The first kappa shape index (κ1) is 16.4. The Bertz CT molecular complexity index is 694. The molecule has 23 heavy (non-hydrogen) atoms. The summed E-state index contributed by atoms with van der Waals surface area (Å²) in [5, 5.41) is 3.23.